The summed E-state index contributed by atoms with van der Waals surface area (Å²) >= 11 is 0. The van der Waals surface area contributed by atoms with E-state index < -0.39 is 24.5 Å². The Morgan fingerprint density at radius 2 is 1.47 bits per heavy atom. The van der Waals surface area contributed by atoms with Crippen LogP contribution in [0, 0.1) is 0 Å². The first-order chi connectivity index (χ1) is 16.6. The monoisotopic (exact) mass is 474 g/mol. The zero-order chi connectivity index (χ0) is 23.5. The van der Waals surface area contributed by atoms with E-state index in [1.54, 1.807) is 10.9 Å². The molecule has 2 aromatic rings. The number of hydrogen-bond donors (Lipinski definition) is 5. The first-order valence-electron chi connectivity index (χ1n) is 13.0. The Hall–Kier alpha value is -2.01. The first kappa shape index (κ1) is 23.7. The minimum atomic E-state index is -1.19. The van der Waals surface area contributed by atoms with E-state index in [1.807, 2.05) is 0 Å². The first-order valence-corrected chi connectivity index (χ1v) is 13.0. The summed E-state index contributed by atoms with van der Waals surface area (Å²) in [5.74, 6) is 1.24. The number of rotatable bonds is 6. The van der Waals surface area contributed by atoms with Crippen LogP contribution in [0.3, 0.4) is 0 Å². The second-order valence-corrected chi connectivity index (χ2v) is 10.1. The highest BCUT2D eigenvalue weighted by atomic mass is 16.6. The van der Waals surface area contributed by atoms with Crippen LogP contribution in [0.4, 0.5) is 11.8 Å². The van der Waals surface area contributed by atoms with E-state index in [4.69, 9.17) is 14.7 Å². The fraction of sp³-hybridized carbons (Fsp3) is 0.792. The van der Waals surface area contributed by atoms with E-state index in [0.717, 1.165) is 25.7 Å². The maximum atomic E-state index is 10.6. The molecule has 10 nitrogen and oxygen atoms in total. The molecule has 0 aromatic carbocycles. The molecule has 1 aliphatic heterocycles. The lowest BCUT2D eigenvalue weighted by Gasteiger charge is -2.21. The van der Waals surface area contributed by atoms with Crippen molar-refractivity contribution in [1.82, 2.24) is 19.5 Å². The van der Waals surface area contributed by atoms with Crippen molar-refractivity contribution in [3.8, 4) is 0 Å². The largest absolute Gasteiger partial charge is 0.394 e. The molecular formula is C24H38N6O4. The molecule has 3 aliphatic rings. The molecule has 0 unspecified atom stereocenters. The lowest BCUT2D eigenvalue weighted by molar-refractivity contribution is -0.0511. The second-order valence-electron chi connectivity index (χ2n) is 10.1. The fourth-order valence-corrected chi connectivity index (χ4v) is 5.60. The summed E-state index contributed by atoms with van der Waals surface area (Å²) in [6, 6.07) is 0.668. The average molecular weight is 475 g/mol. The van der Waals surface area contributed by atoms with Gasteiger partial charge in [-0.15, -0.1) is 0 Å². The van der Waals surface area contributed by atoms with E-state index >= 15 is 0 Å². The molecule has 3 fully saturated rings. The maximum Gasteiger partial charge on any atom is 0.227 e. The molecule has 2 aromatic heterocycles. The van der Waals surface area contributed by atoms with Gasteiger partial charge < -0.3 is 30.7 Å². The van der Waals surface area contributed by atoms with Crippen molar-refractivity contribution in [3.05, 3.63) is 6.33 Å². The molecule has 5 N–H and O–H groups in total. The lowest BCUT2D eigenvalue weighted by Crippen LogP contribution is -2.33. The van der Waals surface area contributed by atoms with Gasteiger partial charge in [-0.1, -0.05) is 51.4 Å². The van der Waals surface area contributed by atoms with Gasteiger partial charge in [-0.05, 0) is 25.7 Å². The van der Waals surface area contributed by atoms with Crippen molar-refractivity contribution in [2.45, 2.75) is 114 Å². The zero-order valence-electron chi connectivity index (χ0n) is 19.8. The molecule has 3 heterocycles. The summed E-state index contributed by atoms with van der Waals surface area (Å²) in [4.78, 5) is 14.2. The topological polar surface area (TPSA) is 138 Å². The Labute approximate surface area is 200 Å². The van der Waals surface area contributed by atoms with Gasteiger partial charge in [0.2, 0.25) is 5.95 Å². The number of aliphatic hydroxyl groups excluding tert-OH is 3. The van der Waals surface area contributed by atoms with Crippen LogP contribution in [0.2, 0.25) is 0 Å². The Kier molecular flexibility index (Phi) is 7.48. The number of imidazole rings is 1. The van der Waals surface area contributed by atoms with Crippen molar-refractivity contribution < 1.29 is 20.1 Å². The van der Waals surface area contributed by atoms with E-state index in [9.17, 15) is 15.3 Å². The normalized spacial score (nSPS) is 29.7. The van der Waals surface area contributed by atoms with Crippen LogP contribution in [0.25, 0.3) is 11.2 Å². The van der Waals surface area contributed by atoms with Gasteiger partial charge in [-0.3, -0.25) is 4.57 Å². The lowest BCUT2D eigenvalue weighted by atomic mass is 10.1. The fourth-order valence-electron chi connectivity index (χ4n) is 5.60. The smallest absolute Gasteiger partial charge is 0.227 e. The number of aliphatic hydroxyl groups is 3. The van der Waals surface area contributed by atoms with Crippen molar-refractivity contribution >= 4 is 22.9 Å². The predicted molar refractivity (Wildman–Crippen MR) is 129 cm³/mol. The molecule has 34 heavy (non-hydrogen) atoms. The second kappa shape index (κ2) is 10.7. The van der Waals surface area contributed by atoms with Gasteiger partial charge in [0, 0.05) is 12.1 Å². The number of fused-ring (bicyclic) bond motifs is 1. The van der Waals surface area contributed by atoms with Gasteiger partial charge in [0.05, 0.1) is 12.9 Å². The molecule has 0 bridgehead atoms. The van der Waals surface area contributed by atoms with Crippen LogP contribution in [0.15, 0.2) is 6.33 Å². The molecular weight excluding hydrogens is 436 g/mol. The molecule has 1 saturated heterocycles. The number of nitrogens with zero attached hydrogens (tertiary/aromatic N) is 4. The molecule has 0 radical (unpaired) electrons. The third kappa shape index (κ3) is 5.00. The van der Waals surface area contributed by atoms with Gasteiger partial charge in [-0.2, -0.15) is 9.97 Å². The standard InChI is InChI=1S/C24H38N6O4/c31-13-17-19(32)20(33)23(34-17)30-14-25-18-21(26-15-9-5-1-2-6-10-15)28-24(29-22(18)30)27-16-11-7-3-4-8-12-16/h14-17,19-20,23,31-33H,1-13H2,(H2,26,27,28,29)/t17-,19-,20-,23-/m1/s1. The Bertz CT molecular complexity index is 939. The molecule has 188 valence electrons. The van der Waals surface area contributed by atoms with Crippen LogP contribution in [-0.2, 0) is 4.74 Å². The van der Waals surface area contributed by atoms with Gasteiger partial charge in [0.25, 0.3) is 0 Å². The van der Waals surface area contributed by atoms with E-state index in [2.05, 4.69) is 15.6 Å². The maximum absolute atomic E-state index is 10.6. The van der Waals surface area contributed by atoms with Crippen molar-refractivity contribution in [3.63, 3.8) is 0 Å². The van der Waals surface area contributed by atoms with Crippen LogP contribution in [0.5, 0.6) is 0 Å². The summed E-state index contributed by atoms with van der Waals surface area (Å²) in [7, 11) is 0. The van der Waals surface area contributed by atoms with Gasteiger partial charge in [-0.25, -0.2) is 4.98 Å². The summed E-state index contributed by atoms with van der Waals surface area (Å²) < 4.78 is 7.42. The number of ether oxygens (including phenoxy) is 1. The van der Waals surface area contributed by atoms with Gasteiger partial charge in [0.1, 0.15) is 18.3 Å². The van der Waals surface area contributed by atoms with Crippen molar-refractivity contribution in [2.75, 3.05) is 17.2 Å². The Morgan fingerprint density at radius 3 is 2.06 bits per heavy atom. The SMILES string of the molecule is OC[C@H]1O[C@@H](n2cnc3c(NC4CCCCCC4)nc(NC4CCCCCC4)nc32)[C@H](O)[C@@H]1O. The summed E-state index contributed by atoms with van der Waals surface area (Å²) in [5, 5.41) is 37.6. The molecule has 2 aliphatic carbocycles. The van der Waals surface area contributed by atoms with Gasteiger partial charge >= 0.3 is 0 Å². The number of aromatic nitrogens is 4. The minimum absolute atomic E-state index is 0.330. The van der Waals surface area contributed by atoms with Crippen LogP contribution < -0.4 is 10.6 Å². The van der Waals surface area contributed by atoms with Crippen LogP contribution >= 0.6 is 0 Å². The van der Waals surface area contributed by atoms with Crippen molar-refractivity contribution in [1.29, 1.82) is 0 Å². The number of anilines is 2. The van der Waals surface area contributed by atoms with Crippen LogP contribution in [-0.4, -0.2) is 71.8 Å². The third-order valence-electron chi connectivity index (χ3n) is 7.60. The molecule has 10 heteroatoms. The predicted octanol–water partition coefficient (Wildman–Crippen LogP) is 2.71. The van der Waals surface area contributed by atoms with Crippen molar-refractivity contribution in [2.24, 2.45) is 0 Å². The number of nitrogens with one attached hydrogen (secondary N) is 2. The average Bonchev–Trinajstić information content (AvgIpc) is 3.12. The number of hydrogen-bond acceptors (Lipinski definition) is 9. The Morgan fingerprint density at radius 1 is 0.853 bits per heavy atom. The third-order valence-corrected chi connectivity index (χ3v) is 7.60. The quantitative estimate of drug-likeness (QED) is 0.400. The zero-order valence-corrected chi connectivity index (χ0v) is 19.8. The molecule has 0 spiro atoms. The molecule has 0 amide bonds. The Balaban J connectivity index is 1.48. The van der Waals surface area contributed by atoms with Gasteiger partial charge in [0.15, 0.2) is 23.2 Å². The van der Waals surface area contributed by atoms with E-state index in [0.29, 0.717) is 35.0 Å². The molecule has 5 rings (SSSR count). The highest BCUT2D eigenvalue weighted by Crippen LogP contribution is 2.34. The summed E-state index contributed by atoms with van der Waals surface area (Å²) in [6.45, 7) is -0.376. The molecule has 4 atom stereocenters. The highest BCUT2D eigenvalue weighted by molar-refractivity contribution is 5.84. The summed E-state index contributed by atoms with van der Waals surface area (Å²) in [6.07, 6.45) is 11.8. The molecule has 2 saturated carbocycles. The summed E-state index contributed by atoms with van der Waals surface area (Å²) in [5.41, 5.74) is 1.16. The highest BCUT2D eigenvalue weighted by Gasteiger charge is 2.44. The minimum Gasteiger partial charge on any atom is -0.394 e. The van der Waals surface area contributed by atoms with E-state index in [1.165, 1.54) is 51.4 Å². The van der Waals surface area contributed by atoms with Crippen LogP contribution in [0.1, 0.15) is 83.3 Å². The van der Waals surface area contributed by atoms with E-state index in [-0.39, 0.29) is 6.61 Å².